The first-order valence-corrected chi connectivity index (χ1v) is 8.77. The van der Waals surface area contributed by atoms with E-state index < -0.39 is 5.54 Å². The van der Waals surface area contributed by atoms with Gasteiger partial charge in [0.1, 0.15) is 11.4 Å². The fourth-order valence-electron chi connectivity index (χ4n) is 2.81. The molecule has 1 saturated heterocycles. The van der Waals surface area contributed by atoms with E-state index in [1.54, 1.807) is 36.4 Å². The van der Waals surface area contributed by atoms with Crippen LogP contribution >= 0.6 is 0 Å². The number of ether oxygens (including phenoxy) is 1. The van der Waals surface area contributed by atoms with Crippen molar-refractivity contribution in [1.82, 2.24) is 5.32 Å². The number of carbonyl (C=O) groups excluding carboxylic acids is 2. The molecule has 27 heavy (non-hydrogen) atoms. The highest BCUT2D eigenvalue weighted by molar-refractivity contribution is 5.99. The zero-order valence-electron chi connectivity index (χ0n) is 14.8. The molecule has 0 atom stereocenters. The number of nitrogens with one attached hydrogen (secondary N) is 2. The number of anilines is 1. The molecule has 6 nitrogen and oxygen atoms in total. The minimum Gasteiger partial charge on any atom is -0.381 e. The topological polar surface area (TPSA) is 93.5 Å². The third kappa shape index (κ3) is 4.90. The van der Waals surface area contributed by atoms with Crippen LogP contribution < -0.4 is 16.4 Å². The van der Waals surface area contributed by atoms with Gasteiger partial charge in [0.2, 0.25) is 5.91 Å². The second-order valence-electron chi connectivity index (χ2n) is 6.61. The molecule has 0 unspecified atom stereocenters. The van der Waals surface area contributed by atoms with Gasteiger partial charge in [-0.3, -0.25) is 9.59 Å². The first-order chi connectivity index (χ1) is 13.0. The molecule has 2 amide bonds. The van der Waals surface area contributed by atoms with Gasteiger partial charge in [0.25, 0.3) is 5.91 Å². The Bertz CT molecular complexity index is 800. The molecule has 1 aliphatic rings. The second kappa shape index (κ2) is 8.28. The van der Waals surface area contributed by atoms with Crippen molar-refractivity contribution in [1.29, 1.82) is 0 Å². The third-order valence-electron chi connectivity index (χ3n) is 4.61. The molecule has 7 heteroatoms. The van der Waals surface area contributed by atoms with Gasteiger partial charge in [0, 0.05) is 31.0 Å². The number of hydrogen-bond donors (Lipinski definition) is 3. The Morgan fingerprint density at radius 3 is 2.30 bits per heavy atom. The van der Waals surface area contributed by atoms with Gasteiger partial charge in [0.05, 0.1) is 0 Å². The highest BCUT2D eigenvalue weighted by Gasteiger charge is 2.35. The maximum absolute atomic E-state index is 12.9. The predicted molar refractivity (Wildman–Crippen MR) is 99.6 cm³/mol. The number of halogens is 1. The third-order valence-corrected chi connectivity index (χ3v) is 4.61. The number of nitrogens with two attached hydrogens (primary N) is 1. The lowest BCUT2D eigenvalue weighted by atomic mass is 9.90. The van der Waals surface area contributed by atoms with Crippen molar-refractivity contribution in [2.45, 2.75) is 24.9 Å². The van der Waals surface area contributed by atoms with Crippen molar-refractivity contribution >= 4 is 17.5 Å². The van der Waals surface area contributed by atoms with E-state index in [-0.39, 0.29) is 17.6 Å². The second-order valence-corrected chi connectivity index (χ2v) is 6.61. The predicted octanol–water partition coefficient (Wildman–Crippen LogP) is 2.20. The van der Waals surface area contributed by atoms with Crippen molar-refractivity contribution in [3.8, 4) is 0 Å². The molecule has 0 radical (unpaired) electrons. The van der Waals surface area contributed by atoms with E-state index in [0.29, 0.717) is 43.9 Å². The Labute approximate surface area is 156 Å². The van der Waals surface area contributed by atoms with Gasteiger partial charge >= 0.3 is 0 Å². The van der Waals surface area contributed by atoms with Crippen molar-refractivity contribution in [2.75, 3.05) is 18.5 Å². The first-order valence-electron chi connectivity index (χ1n) is 8.77. The van der Waals surface area contributed by atoms with Gasteiger partial charge in [-0.25, -0.2) is 4.39 Å². The molecule has 142 valence electrons. The summed E-state index contributed by atoms with van der Waals surface area (Å²) >= 11 is 0. The van der Waals surface area contributed by atoms with Crippen LogP contribution in [0.25, 0.3) is 0 Å². The van der Waals surface area contributed by atoms with Gasteiger partial charge in [-0.2, -0.15) is 0 Å². The molecule has 0 aliphatic carbocycles. The lowest BCUT2D eigenvalue weighted by molar-refractivity contribution is -0.124. The fraction of sp³-hybridized carbons (Fsp3) is 0.300. The van der Waals surface area contributed by atoms with E-state index in [9.17, 15) is 14.0 Å². The average Bonchev–Trinajstić information content (AvgIpc) is 2.68. The van der Waals surface area contributed by atoms with Gasteiger partial charge < -0.3 is 21.1 Å². The monoisotopic (exact) mass is 371 g/mol. The van der Waals surface area contributed by atoms with E-state index in [4.69, 9.17) is 10.5 Å². The summed E-state index contributed by atoms with van der Waals surface area (Å²) in [6.45, 7) is 1.24. The molecule has 2 aromatic carbocycles. The summed E-state index contributed by atoms with van der Waals surface area (Å²) in [7, 11) is 0. The number of rotatable bonds is 5. The fourth-order valence-corrected chi connectivity index (χ4v) is 2.81. The Morgan fingerprint density at radius 2 is 1.67 bits per heavy atom. The van der Waals surface area contributed by atoms with Gasteiger partial charge in [-0.15, -0.1) is 0 Å². The molecule has 0 aromatic heterocycles. The highest BCUT2D eigenvalue weighted by atomic mass is 19.1. The molecule has 0 bridgehead atoms. The minimum absolute atomic E-state index is 0.251. The van der Waals surface area contributed by atoms with Crippen LogP contribution in [0, 0.1) is 5.82 Å². The quantitative estimate of drug-likeness (QED) is 0.751. The van der Waals surface area contributed by atoms with E-state index in [2.05, 4.69) is 10.6 Å². The maximum Gasteiger partial charge on any atom is 0.251 e. The smallest absolute Gasteiger partial charge is 0.251 e. The van der Waals surface area contributed by atoms with Crippen LogP contribution in [0.1, 0.15) is 28.8 Å². The Kier molecular flexibility index (Phi) is 5.83. The summed E-state index contributed by atoms with van der Waals surface area (Å²) in [6, 6.07) is 12.5. The van der Waals surface area contributed by atoms with Crippen molar-refractivity contribution in [3.63, 3.8) is 0 Å². The van der Waals surface area contributed by atoms with Crippen LogP contribution in [-0.4, -0.2) is 30.6 Å². The van der Waals surface area contributed by atoms with Crippen LogP contribution in [0.3, 0.4) is 0 Å². The van der Waals surface area contributed by atoms with Crippen LogP contribution in [0.15, 0.2) is 48.5 Å². The van der Waals surface area contributed by atoms with Gasteiger partial charge in [-0.1, -0.05) is 12.1 Å². The SMILES string of the molecule is NC1(C(=O)Nc2ccc(C(=O)NCc3ccc(F)cc3)cc2)CCOCC1. The molecular formula is C20H22FN3O3. The van der Waals surface area contributed by atoms with Crippen molar-refractivity contribution < 1.29 is 18.7 Å². The van der Waals surface area contributed by atoms with E-state index >= 15 is 0 Å². The van der Waals surface area contributed by atoms with Crippen LogP contribution in [0.2, 0.25) is 0 Å². The van der Waals surface area contributed by atoms with Crippen molar-refractivity contribution in [2.24, 2.45) is 5.73 Å². The Morgan fingerprint density at radius 1 is 1.04 bits per heavy atom. The maximum atomic E-state index is 12.9. The molecule has 1 aliphatic heterocycles. The number of carbonyl (C=O) groups is 2. The number of hydrogen-bond acceptors (Lipinski definition) is 4. The molecule has 3 rings (SSSR count). The zero-order valence-corrected chi connectivity index (χ0v) is 14.8. The summed E-state index contributed by atoms with van der Waals surface area (Å²) in [5.74, 6) is -0.820. The van der Waals surface area contributed by atoms with Gasteiger partial charge in [-0.05, 0) is 54.8 Å². The largest absolute Gasteiger partial charge is 0.381 e. The van der Waals surface area contributed by atoms with E-state index in [1.165, 1.54) is 12.1 Å². The van der Waals surface area contributed by atoms with E-state index in [0.717, 1.165) is 5.56 Å². The summed E-state index contributed by atoms with van der Waals surface area (Å²) in [5, 5.41) is 5.56. The normalized spacial score (nSPS) is 15.8. The minimum atomic E-state index is -0.927. The molecule has 0 saturated carbocycles. The summed E-state index contributed by atoms with van der Waals surface area (Å²) in [5.41, 5.74) is 7.07. The Balaban J connectivity index is 1.55. The van der Waals surface area contributed by atoms with Crippen LogP contribution in [-0.2, 0) is 16.1 Å². The molecule has 1 fully saturated rings. The summed E-state index contributed by atoms with van der Waals surface area (Å²) in [4.78, 5) is 24.6. The molecule has 2 aromatic rings. The van der Waals surface area contributed by atoms with Crippen molar-refractivity contribution in [3.05, 3.63) is 65.5 Å². The van der Waals surface area contributed by atoms with Crippen LogP contribution in [0.5, 0.6) is 0 Å². The number of benzene rings is 2. The Hall–Kier alpha value is -2.77. The van der Waals surface area contributed by atoms with Gasteiger partial charge in [0.15, 0.2) is 0 Å². The van der Waals surface area contributed by atoms with E-state index in [1.807, 2.05) is 0 Å². The first kappa shape index (κ1) is 19.0. The summed E-state index contributed by atoms with van der Waals surface area (Å²) < 4.78 is 18.1. The molecule has 4 N–H and O–H groups in total. The molecule has 1 heterocycles. The highest BCUT2D eigenvalue weighted by Crippen LogP contribution is 2.20. The lowest BCUT2D eigenvalue weighted by Gasteiger charge is -2.31. The number of amides is 2. The molecule has 0 spiro atoms. The average molecular weight is 371 g/mol. The van der Waals surface area contributed by atoms with Crippen LogP contribution in [0.4, 0.5) is 10.1 Å². The standard InChI is InChI=1S/C20H22FN3O3/c21-16-5-1-14(2-6-16)13-23-18(25)15-3-7-17(8-4-15)24-19(26)20(22)9-11-27-12-10-20/h1-8H,9-13,22H2,(H,23,25)(H,24,26). The summed E-state index contributed by atoms with van der Waals surface area (Å²) in [6.07, 6.45) is 0.950. The lowest BCUT2D eigenvalue weighted by Crippen LogP contribution is -2.54. The zero-order chi connectivity index (χ0) is 19.3. The molecular weight excluding hydrogens is 349 g/mol.